The van der Waals surface area contributed by atoms with Gasteiger partial charge in [0.1, 0.15) is 11.3 Å². The normalized spacial score (nSPS) is 15.3. The summed E-state index contributed by atoms with van der Waals surface area (Å²) in [6, 6.07) is 16.5. The third-order valence-electron chi connectivity index (χ3n) is 6.51. The molecule has 0 amide bonds. The molecule has 0 saturated carbocycles. The molecule has 38 heavy (non-hydrogen) atoms. The number of benzene rings is 3. The Morgan fingerprint density at radius 3 is 2.50 bits per heavy atom. The second-order valence-electron chi connectivity index (χ2n) is 9.15. The van der Waals surface area contributed by atoms with Gasteiger partial charge in [0.05, 0.1) is 11.3 Å². The standard InChI is InChI=1S/C28H25F2N3O5/c1-18-6-2-3-7-23(18)33(30)27-31-22-13-8-19(16-24(22)37-27)17-25(34)28(29,32-14-4-5-15-32)38-21-11-9-20(10-12-21)26(35)36/h2-3,6-13,16H,4-5,14-15,17H2,1H3,(H,35,36)/t28-/m0/s1. The number of para-hydroxylation sites is 1. The largest absolute Gasteiger partial charge is 0.478 e. The maximum atomic E-state index is 16.3. The summed E-state index contributed by atoms with van der Waals surface area (Å²) in [7, 11) is 0. The number of carbonyl (C=O) groups is 2. The number of likely N-dealkylation sites (tertiary alicyclic amines) is 1. The Kier molecular flexibility index (Phi) is 6.81. The molecule has 1 atom stereocenters. The molecule has 1 saturated heterocycles. The molecule has 8 nitrogen and oxygen atoms in total. The molecule has 0 unspecified atom stereocenters. The van der Waals surface area contributed by atoms with Crippen LogP contribution in [-0.2, 0) is 11.2 Å². The highest BCUT2D eigenvalue weighted by molar-refractivity contribution is 5.89. The SMILES string of the molecule is Cc1ccccc1N(F)c1nc2ccc(CC(=O)[C@@](F)(Oc3ccc(C(=O)O)cc3)N3CCCC3)cc2o1. The summed E-state index contributed by atoms with van der Waals surface area (Å²) < 4.78 is 42.5. The molecular formula is C28H25F2N3O5. The highest BCUT2D eigenvalue weighted by Gasteiger charge is 2.48. The number of oxazole rings is 1. The average Bonchev–Trinajstić information content (AvgIpc) is 3.59. The molecular weight excluding hydrogens is 496 g/mol. The quantitative estimate of drug-likeness (QED) is 0.219. The van der Waals surface area contributed by atoms with E-state index in [0.717, 1.165) is 0 Å². The molecule has 2 heterocycles. The summed E-state index contributed by atoms with van der Waals surface area (Å²) in [6.45, 7) is 2.44. The van der Waals surface area contributed by atoms with Gasteiger partial charge < -0.3 is 14.3 Å². The van der Waals surface area contributed by atoms with Gasteiger partial charge in [-0.2, -0.15) is 9.37 Å². The molecule has 4 aromatic rings. The van der Waals surface area contributed by atoms with Crippen LogP contribution in [0.25, 0.3) is 11.1 Å². The summed E-state index contributed by atoms with van der Waals surface area (Å²) >= 11 is 0. The Bertz CT molecular complexity index is 1480. The van der Waals surface area contributed by atoms with Crippen LogP contribution in [0.3, 0.4) is 0 Å². The summed E-state index contributed by atoms with van der Waals surface area (Å²) in [6.07, 6.45) is 1.12. The molecule has 1 N–H and O–H groups in total. The van der Waals surface area contributed by atoms with Gasteiger partial charge in [0.2, 0.25) is 5.78 Å². The van der Waals surface area contributed by atoms with Crippen LogP contribution < -0.4 is 9.86 Å². The van der Waals surface area contributed by atoms with E-state index in [1.165, 1.54) is 35.2 Å². The topological polar surface area (TPSA) is 96.1 Å². The zero-order valence-corrected chi connectivity index (χ0v) is 20.6. The van der Waals surface area contributed by atoms with Gasteiger partial charge in [0, 0.05) is 19.5 Å². The molecule has 1 aliphatic rings. The molecule has 0 spiro atoms. The van der Waals surface area contributed by atoms with E-state index in [1.54, 1.807) is 43.3 Å². The first kappa shape index (κ1) is 25.3. The van der Waals surface area contributed by atoms with Crippen LogP contribution in [0.15, 0.2) is 71.1 Å². The van der Waals surface area contributed by atoms with Gasteiger partial charge in [0.15, 0.2) is 5.58 Å². The molecule has 0 bridgehead atoms. The van der Waals surface area contributed by atoms with Crippen LogP contribution in [0.2, 0.25) is 0 Å². The molecule has 196 valence electrons. The number of aromatic carboxylic acids is 1. The number of anilines is 2. The molecule has 0 radical (unpaired) electrons. The van der Waals surface area contributed by atoms with Crippen molar-refractivity contribution < 1.29 is 32.7 Å². The number of ether oxygens (including phenoxy) is 1. The average molecular weight is 522 g/mol. The van der Waals surface area contributed by atoms with Crippen LogP contribution >= 0.6 is 0 Å². The lowest BCUT2D eigenvalue weighted by Crippen LogP contribution is -2.55. The van der Waals surface area contributed by atoms with Crippen molar-refractivity contribution in [2.24, 2.45) is 0 Å². The van der Waals surface area contributed by atoms with Crippen LogP contribution in [0.4, 0.5) is 20.6 Å². The fraction of sp³-hybridized carbons (Fsp3) is 0.250. The van der Waals surface area contributed by atoms with Crippen molar-refractivity contribution in [3.05, 3.63) is 83.4 Å². The Morgan fingerprint density at radius 2 is 1.82 bits per heavy atom. The second-order valence-corrected chi connectivity index (χ2v) is 9.15. The lowest BCUT2D eigenvalue weighted by Gasteiger charge is -2.33. The summed E-state index contributed by atoms with van der Waals surface area (Å²) in [4.78, 5) is 30.0. The maximum absolute atomic E-state index is 16.3. The molecule has 1 aromatic heterocycles. The Morgan fingerprint density at radius 1 is 1.11 bits per heavy atom. The number of aromatic nitrogens is 1. The first-order chi connectivity index (χ1) is 18.2. The van der Waals surface area contributed by atoms with Crippen molar-refractivity contribution in [2.75, 3.05) is 18.2 Å². The third-order valence-corrected chi connectivity index (χ3v) is 6.51. The highest BCUT2D eigenvalue weighted by atomic mass is 19.2. The van der Waals surface area contributed by atoms with Crippen LogP contribution in [0.5, 0.6) is 5.75 Å². The van der Waals surface area contributed by atoms with Gasteiger partial charge in [-0.25, -0.2) is 9.69 Å². The monoisotopic (exact) mass is 521 g/mol. The Labute approximate surface area is 217 Å². The number of hydrogen-bond acceptors (Lipinski definition) is 7. The predicted molar refractivity (Wildman–Crippen MR) is 136 cm³/mol. The number of aryl methyl sites for hydroxylation is 1. The summed E-state index contributed by atoms with van der Waals surface area (Å²) in [5, 5.41) is 9.45. The minimum atomic E-state index is -2.75. The van der Waals surface area contributed by atoms with Crippen LogP contribution in [-0.4, -0.2) is 45.8 Å². The van der Waals surface area contributed by atoms with Crippen LogP contribution in [0.1, 0.15) is 34.3 Å². The van der Waals surface area contributed by atoms with E-state index in [2.05, 4.69) is 4.98 Å². The molecule has 1 aliphatic heterocycles. The van der Waals surface area contributed by atoms with Crippen molar-refractivity contribution >= 4 is 34.6 Å². The van der Waals surface area contributed by atoms with E-state index >= 15 is 8.87 Å². The smallest absolute Gasteiger partial charge is 0.371 e. The van der Waals surface area contributed by atoms with E-state index in [0.29, 0.717) is 47.7 Å². The van der Waals surface area contributed by atoms with Crippen molar-refractivity contribution in [1.82, 2.24) is 9.88 Å². The zero-order chi connectivity index (χ0) is 26.9. The minimum Gasteiger partial charge on any atom is -0.478 e. The van der Waals surface area contributed by atoms with Gasteiger partial charge in [-0.05, 0) is 73.4 Å². The number of rotatable bonds is 9. The summed E-state index contributed by atoms with van der Waals surface area (Å²) in [5.74, 6) is -4.66. The van der Waals surface area contributed by atoms with Crippen molar-refractivity contribution in [2.45, 2.75) is 32.2 Å². The number of carbonyl (C=O) groups excluding carboxylic acids is 1. The number of ketones is 1. The number of carboxylic acid groups (broad SMARTS) is 1. The number of halogens is 2. The number of nitrogens with zero attached hydrogens (tertiary/aromatic N) is 3. The number of alkyl halides is 1. The molecule has 1 fully saturated rings. The first-order valence-electron chi connectivity index (χ1n) is 12.2. The van der Waals surface area contributed by atoms with Gasteiger partial charge >= 0.3 is 18.0 Å². The van der Waals surface area contributed by atoms with Crippen LogP contribution in [0, 0.1) is 6.92 Å². The van der Waals surface area contributed by atoms with Crippen molar-refractivity contribution in [1.29, 1.82) is 0 Å². The minimum absolute atomic E-state index is 0.0170. The van der Waals surface area contributed by atoms with Crippen molar-refractivity contribution in [3.8, 4) is 5.75 Å². The molecule has 10 heteroatoms. The molecule has 0 aliphatic carbocycles. The number of hydrogen-bond donors (Lipinski definition) is 1. The van der Waals surface area contributed by atoms with Gasteiger partial charge in [-0.1, -0.05) is 28.7 Å². The van der Waals surface area contributed by atoms with Gasteiger partial charge in [-0.15, -0.1) is 5.12 Å². The lowest BCUT2D eigenvalue weighted by molar-refractivity contribution is -0.191. The third kappa shape index (κ3) is 4.95. The van der Waals surface area contributed by atoms with E-state index in [4.69, 9.17) is 14.3 Å². The Hall–Kier alpha value is -4.31. The lowest BCUT2D eigenvalue weighted by atomic mass is 10.1. The number of fused-ring (bicyclic) bond motifs is 1. The number of carboxylic acids is 1. The predicted octanol–water partition coefficient (Wildman–Crippen LogP) is 5.77. The van der Waals surface area contributed by atoms with E-state index < -0.39 is 17.7 Å². The van der Waals surface area contributed by atoms with E-state index in [-0.39, 0.29) is 35.0 Å². The van der Waals surface area contributed by atoms with Gasteiger partial charge in [-0.3, -0.25) is 4.79 Å². The van der Waals surface area contributed by atoms with Gasteiger partial charge in [0.25, 0.3) is 0 Å². The maximum Gasteiger partial charge on any atom is 0.371 e. The van der Waals surface area contributed by atoms with E-state index in [9.17, 15) is 9.59 Å². The molecule has 3 aromatic carbocycles. The second kappa shape index (κ2) is 10.2. The zero-order valence-electron chi connectivity index (χ0n) is 20.6. The van der Waals surface area contributed by atoms with E-state index in [1.807, 2.05) is 0 Å². The fourth-order valence-electron chi connectivity index (χ4n) is 4.46. The first-order valence-corrected chi connectivity index (χ1v) is 12.2. The number of Topliss-reactive ketones (excluding diaryl/α,β-unsaturated/α-hetero) is 1. The summed E-state index contributed by atoms with van der Waals surface area (Å²) in [5.41, 5.74) is 2.07. The highest BCUT2D eigenvalue weighted by Crippen LogP contribution is 2.33. The fourth-order valence-corrected chi connectivity index (χ4v) is 4.46. The van der Waals surface area contributed by atoms with Crippen molar-refractivity contribution in [3.63, 3.8) is 0 Å². The Balaban J connectivity index is 1.38. The molecule has 5 rings (SSSR count).